The molecule has 0 amide bonds. The highest BCUT2D eigenvalue weighted by Crippen LogP contribution is 2.17. The van der Waals surface area contributed by atoms with Crippen molar-refractivity contribution in [3.8, 4) is 11.5 Å². The Morgan fingerprint density at radius 2 is 2.25 bits per heavy atom. The second-order valence-electron chi connectivity index (χ2n) is 3.25. The van der Waals surface area contributed by atoms with E-state index in [1.165, 1.54) is 12.3 Å². The van der Waals surface area contributed by atoms with Gasteiger partial charge in [0.15, 0.2) is 0 Å². The largest absolute Gasteiger partial charge is 0.421 e. The number of nitrogens with zero attached hydrogens (tertiary/aromatic N) is 3. The van der Waals surface area contributed by atoms with Crippen LogP contribution in [0.1, 0.15) is 5.89 Å². The molecule has 5 nitrogen and oxygen atoms in total. The van der Waals surface area contributed by atoms with Gasteiger partial charge in [-0.1, -0.05) is 0 Å². The molecule has 0 atom stereocenters. The average Bonchev–Trinajstić information content (AvgIpc) is 2.75. The van der Waals surface area contributed by atoms with Crippen molar-refractivity contribution < 1.29 is 8.81 Å². The van der Waals surface area contributed by atoms with Crippen molar-refractivity contribution in [1.29, 1.82) is 0 Å². The first-order chi connectivity index (χ1) is 7.79. The van der Waals surface area contributed by atoms with Gasteiger partial charge in [0.1, 0.15) is 5.82 Å². The number of halogens is 1. The van der Waals surface area contributed by atoms with Crippen molar-refractivity contribution in [2.24, 2.45) is 0 Å². The number of pyridine rings is 1. The lowest BCUT2D eigenvalue weighted by Crippen LogP contribution is -2.10. The monoisotopic (exact) mass is 222 g/mol. The number of nitrogens with one attached hydrogen (secondary N) is 1. The summed E-state index contributed by atoms with van der Waals surface area (Å²) in [6.45, 7) is 0.753. The number of hydrogen-bond donors (Lipinski definition) is 1. The van der Waals surface area contributed by atoms with E-state index in [2.05, 4.69) is 20.5 Å². The molecular weight excluding hydrogens is 211 g/mol. The second kappa shape index (κ2) is 4.80. The van der Waals surface area contributed by atoms with Crippen LogP contribution >= 0.6 is 0 Å². The van der Waals surface area contributed by atoms with E-state index in [0.717, 1.165) is 12.7 Å². The predicted octanol–water partition coefficient (Wildman–Crippen LogP) is 1.03. The molecule has 2 aromatic heterocycles. The summed E-state index contributed by atoms with van der Waals surface area (Å²) in [5.41, 5.74) is 0.489. The summed E-state index contributed by atoms with van der Waals surface area (Å²) in [5.74, 6) is 0.388. The van der Waals surface area contributed by atoms with Gasteiger partial charge in [-0.05, 0) is 13.1 Å². The third-order valence-electron chi connectivity index (χ3n) is 2.01. The first-order valence-electron chi connectivity index (χ1n) is 4.87. The van der Waals surface area contributed by atoms with E-state index in [0.29, 0.717) is 17.9 Å². The summed E-state index contributed by atoms with van der Waals surface area (Å²) < 4.78 is 18.3. The lowest BCUT2D eigenvalue weighted by atomic mass is 10.3. The van der Waals surface area contributed by atoms with Gasteiger partial charge in [-0.25, -0.2) is 4.39 Å². The molecule has 0 bridgehead atoms. The summed E-state index contributed by atoms with van der Waals surface area (Å²) in [4.78, 5) is 3.72. The predicted molar refractivity (Wildman–Crippen MR) is 55.1 cm³/mol. The van der Waals surface area contributed by atoms with Gasteiger partial charge in [0.25, 0.3) is 0 Å². The summed E-state index contributed by atoms with van der Waals surface area (Å²) in [6, 6.07) is 1.31. The highest BCUT2D eigenvalue weighted by molar-refractivity contribution is 5.50. The molecule has 0 fully saturated rings. The van der Waals surface area contributed by atoms with E-state index in [9.17, 15) is 4.39 Å². The van der Waals surface area contributed by atoms with Crippen LogP contribution in [0.25, 0.3) is 11.5 Å². The topological polar surface area (TPSA) is 63.8 Å². The first-order valence-corrected chi connectivity index (χ1v) is 4.87. The SMILES string of the molecule is CNCCc1nnc(-c2cncc(F)c2)o1. The number of hydrogen-bond acceptors (Lipinski definition) is 5. The highest BCUT2D eigenvalue weighted by atomic mass is 19.1. The Morgan fingerprint density at radius 3 is 3.00 bits per heavy atom. The Balaban J connectivity index is 2.18. The van der Waals surface area contributed by atoms with Crippen LogP contribution in [0.5, 0.6) is 0 Å². The summed E-state index contributed by atoms with van der Waals surface area (Å²) >= 11 is 0. The molecule has 0 aliphatic rings. The molecule has 0 radical (unpaired) electrons. The van der Waals surface area contributed by atoms with Gasteiger partial charge in [0, 0.05) is 19.2 Å². The molecule has 0 saturated heterocycles. The lowest BCUT2D eigenvalue weighted by molar-refractivity contribution is 0.499. The van der Waals surface area contributed by atoms with Gasteiger partial charge in [0.05, 0.1) is 11.8 Å². The van der Waals surface area contributed by atoms with E-state index in [-0.39, 0.29) is 5.89 Å². The molecule has 16 heavy (non-hydrogen) atoms. The minimum atomic E-state index is -0.424. The zero-order valence-corrected chi connectivity index (χ0v) is 8.77. The third kappa shape index (κ3) is 2.40. The van der Waals surface area contributed by atoms with E-state index < -0.39 is 5.82 Å². The molecule has 6 heteroatoms. The van der Waals surface area contributed by atoms with E-state index in [4.69, 9.17) is 4.42 Å². The molecular formula is C10H11FN4O. The van der Waals surface area contributed by atoms with Crippen molar-refractivity contribution in [1.82, 2.24) is 20.5 Å². The van der Waals surface area contributed by atoms with Gasteiger partial charge in [-0.15, -0.1) is 10.2 Å². The lowest BCUT2D eigenvalue weighted by Gasteiger charge is -1.94. The fourth-order valence-corrected chi connectivity index (χ4v) is 1.23. The number of likely N-dealkylation sites (N-methyl/N-ethyl adjacent to an activating group) is 1. The van der Waals surface area contributed by atoms with Gasteiger partial charge < -0.3 is 9.73 Å². The van der Waals surface area contributed by atoms with Crippen LogP contribution in [0.3, 0.4) is 0 Å². The Hall–Kier alpha value is -1.82. The van der Waals surface area contributed by atoms with Crippen molar-refractivity contribution in [2.75, 3.05) is 13.6 Å². The quantitative estimate of drug-likeness (QED) is 0.837. The minimum absolute atomic E-state index is 0.290. The summed E-state index contributed by atoms with van der Waals surface area (Å²) in [5, 5.41) is 10.7. The van der Waals surface area contributed by atoms with Gasteiger partial charge in [-0.3, -0.25) is 4.98 Å². The maximum absolute atomic E-state index is 12.9. The Labute approximate surface area is 91.7 Å². The molecule has 0 unspecified atom stereocenters. The normalized spacial score (nSPS) is 10.6. The summed E-state index contributed by atoms with van der Waals surface area (Å²) in [6.07, 6.45) is 3.26. The fraction of sp³-hybridized carbons (Fsp3) is 0.300. The van der Waals surface area contributed by atoms with E-state index in [1.54, 1.807) is 0 Å². The molecule has 2 heterocycles. The molecule has 0 aliphatic carbocycles. The number of rotatable bonds is 4. The highest BCUT2D eigenvalue weighted by Gasteiger charge is 2.08. The second-order valence-corrected chi connectivity index (χ2v) is 3.25. The fourth-order valence-electron chi connectivity index (χ4n) is 1.23. The van der Waals surface area contributed by atoms with Crippen LogP contribution in [-0.2, 0) is 6.42 Å². The summed E-state index contributed by atoms with van der Waals surface area (Å²) in [7, 11) is 1.84. The number of aromatic nitrogens is 3. The average molecular weight is 222 g/mol. The zero-order valence-electron chi connectivity index (χ0n) is 8.77. The smallest absolute Gasteiger partial charge is 0.249 e. The molecule has 0 saturated carbocycles. The third-order valence-corrected chi connectivity index (χ3v) is 2.01. The Kier molecular flexibility index (Phi) is 3.21. The van der Waals surface area contributed by atoms with Crippen LogP contribution in [-0.4, -0.2) is 28.8 Å². The maximum Gasteiger partial charge on any atom is 0.249 e. The molecule has 84 valence electrons. The van der Waals surface area contributed by atoms with Gasteiger partial charge in [-0.2, -0.15) is 0 Å². The van der Waals surface area contributed by atoms with Gasteiger partial charge >= 0.3 is 0 Å². The maximum atomic E-state index is 12.9. The minimum Gasteiger partial charge on any atom is -0.421 e. The molecule has 0 spiro atoms. The Morgan fingerprint density at radius 1 is 1.38 bits per heavy atom. The van der Waals surface area contributed by atoms with Crippen molar-refractivity contribution in [3.63, 3.8) is 0 Å². The van der Waals surface area contributed by atoms with Crippen LogP contribution in [0.2, 0.25) is 0 Å². The van der Waals surface area contributed by atoms with Crippen LogP contribution in [0.15, 0.2) is 22.9 Å². The van der Waals surface area contributed by atoms with Crippen molar-refractivity contribution >= 4 is 0 Å². The van der Waals surface area contributed by atoms with E-state index >= 15 is 0 Å². The van der Waals surface area contributed by atoms with E-state index in [1.807, 2.05) is 7.05 Å². The van der Waals surface area contributed by atoms with Crippen LogP contribution in [0.4, 0.5) is 4.39 Å². The van der Waals surface area contributed by atoms with Crippen LogP contribution in [0, 0.1) is 5.82 Å². The van der Waals surface area contributed by atoms with Crippen LogP contribution < -0.4 is 5.32 Å². The van der Waals surface area contributed by atoms with Gasteiger partial charge in [0.2, 0.25) is 11.8 Å². The molecule has 2 aromatic rings. The van der Waals surface area contributed by atoms with Crippen molar-refractivity contribution in [2.45, 2.75) is 6.42 Å². The molecule has 2 rings (SSSR count). The van der Waals surface area contributed by atoms with Crippen molar-refractivity contribution in [3.05, 3.63) is 30.2 Å². The Bertz CT molecular complexity index is 471. The molecule has 0 aliphatic heterocycles. The molecule has 0 aromatic carbocycles. The molecule has 1 N–H and O–H groups in total. The zero-order chi connectivity index (χ0) is 11.4. The first kappa shape index (κ1) is 10.7. The standard InChI is InChI=1S/C10H11FN4O/c1-12-3-2-9-14-15-10(16-9)7-4-8(11)6-13-5-7/h4-6,12H,2-3H2,1H3.